The highest BCUT2D eigenvalue weighted by Gasteiger charge is 2.14. The molecule has 0 saturated carbocycles. The first-order valence-corrected chi connectivity index (χ1v) is 4.37. The number of hydrazine groups is 2. The number of hydrogen-bond acceptors (Lipinski definition) is 4. The first-order valence-electron chi connectivity index (χ1n) is 4.37. The Balaban J connectivity index is 2.39. The summed E-state index contributed by atoms with van der Waals surface area (Å²) in [5.74, 6) is -0.367. The molecule has 0 atom stereocenters. The van der Waals surface area contributed by atoms with Gasteiger partial charge in [-0.1, -0.05) is 0 Å². The fourth-order valence-electron chi connectivity index (χ4n) is 1.34. The lowest BCUT2D eigenvalue weighted by Crippen LogP contribution is -2.37. The van der Waals surface area contributed by atoms with Crippen molar-refractivity contribution in [1.29, 1.82) is 5.26 Å². The summed E-state index contributed by atoms with van der Waals surface area (Å²) >= 11 is 0. The lowest BCUT2D eigenvalue weighted by atomic mass is 10.2. The molecular weight excluding hydrogens is 195 g/mol. The van der Waals surface area contributed by atoms with Crippen LogP contribution in [-0.2, 0) is 0 Å². The second-order valence-electron chi connectivity index (χ2n) is 3.15. The molecule has 1 aromatic rings. The molecule has 0 aromatic heterocycles. The van der Waals surface area contributed by atoms with E-state index in [1.165, 1.54) is 18.2 Å². The van der Waals surface area contributed by atoms with Crippen LogP contribution in [0.1, 0.15) is 5.56 Å². The van der Waals surface area contributed by atoms with Crippen molar-refractivity contribution in [3.05, 3.63) is 42.0 Å². The minimum Gasteiger partial charge on any atom is -0.299 e. The second-order valence-corrected chi connectivity index (χ2v) is 3.15. The van der Waals surface area contributed by atoms with Crippen molar-refractivity contribution >= 4 is 5.69 Å². The average Bonchev–Trinajstić information content (AvgIpc) is 2.65. The van der Waals surface area contributed by atoms with Crippen molar-refractivity contribution in [3.8, 4) is 6.07 Å². The quantitative estimate of drug-likeness (QED) is 0.749. The minimum atomic E-state index is -0.367. The third-order valence-electron chi connectivity index (χ3n) is 2.04. The largest absolute Gasteiger partial charge is 0.299 e. The van der Waals surface area contributed by atoms with E-state index < -0.39 is 0 Å². The molecule has 0 spiro atoms. The summed E-state index contributed by atoms with van der Waals surface area (Å²) in [5.41, 5.74) is 3.83. The van der Waals surface area contributed by atoms with Crippen LogP contribution < -0.4 is 10.5 Å². The Morgan fingerprint density at radius 3 is 2.80 bits per heavy atom. The molecule has 0 aliphatic carbocycles. The zero-order valence-corrected chi connectivity index (χ0v) is 8.11. The van der Waals surface area contributed by atoms with Crippen LogP contribution in [0, 0.1) is 17.1 Å². The second kappa shape index (κ2) is 3.59. The Morgan fingerprint density at radius 1 is 1.40 bits per heavy atom. The van der Waals surface area contributed by atoms with Crippen molar-refractivity contribution < 1.29 is 4.39 Å². The molecular formula is C10H9FN4. The number of nitrogens with one attached hydrogen (secondary N) is 1. The van der Waals surface area contributed by atoms with Crippen LogP contribution in [0.15, 0.2) is 30.6 Å². The highest BCUT2D eigenvalue weighted by molar-refractivity contribution is 5.60. The minimum absolute atomic E-state index is 0.367. The average molecular weight is 204 g/mol. The van der Waals surface area contributed by atoms with Crippen molar-refractivity contribution in [2.24, 2.45) is 0 Å². The smallest absolute Gasteiger partial charge is 0.125 e. The normalized spacial score (nSPS) is 14.5. The van der Waals surface area contributed by atoms with E-state index in [-0.39, 0.29) is 5.82 Å². The predicted octanol–water partition coefficient (Wildman–Crippen LogP) is 1.34. The standard InChI is InChI=1S/C10H9FN4/c1-14-4-5-15(13-14)10-6-9(11)3-2-8(10)7-12/h2-6,13H,1H3. The van der Waals surface area contributed by atoms with Gasteiger partial charge in [0, 0.05) is 25.5 Å². The SMILES string of the molecule is CN1C=CN(c2cc(F)ccc2C#N)N1. The van der Waals surface area contributed by atoms with Gasteiger partial charge < -0.3 is 0 Å². The fourth-order valence-corrected chi connectivity index (χ4v) is 1.34. The van der Waals surface area contributed by atoms with Gasteiger partial charge in [0.2, 0.25) is 0 Å². The van der Waals surface area contributed by atoms with Crippen LogP contribution in [0.3, 0.4) is 0 Å². The van der Waals surface area contributed by atoms with E-state index in [0.717, 1.165) is 0 Å². The molecule has 0 unspecified atom stereocenters. The molecule has 0 radical (unpaired) electrons. The van der Waals surface area contributed by atoms with E-state index in [1.54, 1.807) is 22.4 Å². The molecule has 1 heterocycles. The fraction of sp³-hybridized carbons (Fsp3) is 0.100. The summed E-state index contributed by atoms with van der Waals surface area (Å²) < 4.78 is 13.0. The van der Waals surface area contributed by atoms with Gasteiger partial charge >= 0.3 is 0 Å². The van der Waals surface area contributed by atoms with Gasteiger partial charge in [0.15, 0.2) is 0 Å². The molecule has 4 nitrogen and oxygen atoms in total. The Morgan fingerprint density at radius 2 is 2.20 bits per heavy atom. The molecule has 0 fully saturated rings. The van der Waals surface area contributed by atoms with Gasteiger partial charge in [-0.15, -0.1) is 5.53 Å². The molecule has 2 rings (SSSR count). The molecule has 76 valence electrons. The van der Waals surface area contributed by atoms with Crippen molar-refractivity contribution in [2.45, 2.75) is 0 Å². The zero-order valence-electron chi connectivity index (χ0n) is 8.11. The van der Waals surface area contributed by atoms with Gasteiger partial charge in [0.1, 0.15) is 11.9 Å². The molecule has 0 amide bonds. The molecule has 1 aliphatic rings. The number of nitriles is 1. The number of anilines is 1. The summed E-state index contributed by atoms with van der Waals surface area (Å²) in [5, 5.41) is 12.2. The van der Waals surface area contributed by atoms with Gasteiger partial charge in [-0.25, -0.2) is 4.39 Å². The summed E-state index contributed by atoms with van der Waals surface area (Å²) in [7, 11) is 1.81. The Hall–Kier alpha value is -2.06. The molecule has 5 heteroatoms. The van der Waals surface area contributed by atoms with Gasteiger partial charge in [-0.05, 0) is 12.1 Å². The summed E-state index contributed by atoms with van der Waals surface area (Å²) in [6.45, 7) is 0. The van der Waals surface area contributed by atoms with Crippen molar-refractivity contribution in [3.63, 3.8) is 0 Å². The van der Waals surface area contributed by atoms with Crippen molar-refractivity contribution in [1.82, 2.24) is 10.5 Å². The van der Waals surface area contributed by atoms with Crippen LogP contribution >= 0.6 is 0 Å². The van der Waals surface area contributed by atoms with Crippen LogP contribution in [0.4, 0.5) is 10.1 Å². The maximum absolute atomic E-state index is 13.0. The number of hydrogen-bond donors (Lipinski definition) is 1. The van der Waals surface area contributed by atoms with E-state index in [0.29, 0.717) is 11.3 Å². The lowest BCUT2D eigenvalue weighted by Gasteiger charge is -2.20. The van der Waals surface area contributed by atoms with Crippen LogP contribution in [0.25, 0.3) is 0 Å². The summed E-state index contributed by atoms with van der Waals surface area (Å²) in [6, 6.07) is 6.05. The van der Waals surface area contributed by atoms with Crippen molar-refractivity contribution in [2.75, 3.05) is 12.1 Å². The van der Waals surface area contributed by atoms with E-state index in [1.807, 2.05) is 13.1 Å². The molecule has 1 N–H and O–H groups in total. The highest BCUT2D eigenvalue weighted by atomic mass is 19.1. The Kier molecular flexibility index (Phi) is 2.27. The first-order chi connectivity index (χ1) is 7.20. The van der Waals surface area contributed by atoms with E-state index in [2.05, 4.69) is 5.53 Å². The Bertz CT molecular complexity index is 449. The summed E-state index contributed by atoms with van der Waals surface area (Å²) in [6.07, 6.45) is 3.49. The number of rotatable bonds is 1. The molecule has 1 aliphatic heterocycles. The third-order valence-corrected chi connectivity index (χ3v) is 2.04. The van der Waals surface area contributed by atoms with Crippen LogP contribution in [0.2, 0.25) is 0 Å². The molecule has 1 aromatic carbocycles. The van der Waals surface area contributed by atoms with Gasteiger partial charge in [-0.3, -0.25) is 10.0 Å². The lowest BCUT2D eigenvalue weighted by molar-refractivity contribution is 0.358. The highest BCUT2D eigenvalue weighted by Crippen LogP contribution is 2.21. The number of benzene rings is 1. The Labute approximate surface area is 86.8 Å². The monoisotopic (exact) mass is 204 g/mol. The summed E-state index contributed by atoms with van der Waals surface area (Å²) in [4.78, 5) is 0. The number of nitrogens with zero attached hydrogens (tertiary/aromatic N) is 3. The molecule has 15 heavy (non-hydrogen) atoms. The zero-order chi connectivity index (χ0) is 10.8. The van der Waals surface area contributed by atoms with E-state index in [9.17, 15) is 4.39 Å². The van der Waals surface area contributed by atoms with Gasteiger partial charge in [0.25, 0.3) is 0 Å². The van der Waals surface area contributed by atoms with E-state index >= 15 is 0 Å². The van der Waals surface area contributed by atoms with Gasteiger partial charge in [-0.2, -0.15) is 5.26 Å². The predicted molar refractivity (Wildman–Crippen MR) is 53.6 cm³/mol. The number of halogens is 1. The van der Waals surface area contributed by atoms with Gasteiger partial charge in [0.05, 0.1) is 11.3 Å². The van der Waals surface area contributed by atoms with E-state index in [4.69, 9.17) is 5.26 Å². The first kappa shape index (κ1) is 9.49. The topological polar surface area (TPSA) is 42.3 Å². The van der Waals surface area contributed by atoms with Crippen LogP contribution in [0.5, 0.6) is 0 Å². The molecule has 0 bridgehead atoms. The maximum Gasteiger partial charge on any atom is 0.125 e. The van der Waals surface area contributed by atoms with Crippen LogP contribution in [-0.4, -0.2) is 12.1 Å². The maximum atomic E-state index is 13.0. The third kappa shape index (κ3) is 1.75. The molecule has 0 saturated heterocycles.